The monoisotopic (exact) mass is 220 g/mol. The number of rotatable bonds is 4. The van der Waals surface area contributed by atoms with Crippen molar-refractivity contribution in [1.29, 1.82) is 0 Å². The summed E-state index contributed by atoms with van der Waals surface area (Å²) in [6.45, 7) is 5.19. The maximum absolute atomic E-state index is 11.6. The lowest BCUT2D eigenvalue weighted by molar-refractivity contribution is 0.0985. The molecule has 0 unspecified atom stereocenters. The number of hydrogen-bond donors (Lipinski definition) is 1. The highest BCUT2D eigenvalue weighted by molar-refractivity contribution is 6.03. The fourth-order valence-electron chi connectivity index (χ4n) is 1.55. The van der Waals surface area contributed by atoms with Crippen molar-refractivity contribution in [2.75, 3.05) is 0 Å². The summed E-state index contributed by atoms with van der Waals surface area (Å²) >= 11 is 0. The van der Waals surface area contributed by atoms with Crippen molar-refractivity contribution in [1.82, 2.24) is 0 Å². The fourth-order valence-corrected chi connectivity index (χ4v) is 1.55. The van der Waals surface area contributed by atoms with Gasteiger partial charge in [0.1, 0.15) is 5.75 Å². The van der Waals surface area contributed by atoms with Crippen LogP contribution in [-0.4, -0.2) is 16.7 Å². The van der Waals surface area contributed by atoms with E-state index in [0.717, 1.165) is 0 Å². The van der Waals surface area contributed by atoms with Gasteiger partial charge in [-0.25, -0.2) is 0 Å². The Balaban J connectivity index is 3.33. The number of phenols is 1. The molecule has 0 aliphatic carbocycles. The Morgan fingerprint density at radius 3 is 2.19 bits per heavy atom. The molecule has 0 heterocycles. The first-order valence-electron chi connectivity index (χ1n) is 5.41. The molecule has 0 bridgehead atoms. The Kier molecular flexibility index (Phi) is 3.82. The number of aromatic hydroxyl groups is 1. The molecular formula is C13H16O3. The summed E-state index contributed by atoms with van der Waals surface area (Å²) in [7, 11) is 0. The molecule has 0 amide bonds. The average Bonchev–Trinajstić information content (AvgIpc) is 2.30. The van der Waals surface area contributed by atoms with E-state index in [4.69, 9.17) is 0 Å². The third-order valence-electron chi connectivity index (χ3n) is 2.57. The van der Waals surface area contributed by atoms with Gasteiger partial charge in [0.15, 0.2) is 11.6 Å². The Morgan fingerprint density at radius 2 is 1.69 bits per heavy atom. The summed E-state index contributed by atoms with van der Waals surface area (Å²) in [4.78, 5) is 23.1. The second-order valence-corrected chi connectivity index (χ2v) is 3.74. The van der Waals surface area contributed by atoms with Gasteiger partial charge in [-0.2, -0.15) is 0 Å². The van der Waals surface area contributed by atoms with Crippen LogP contribution in [0.25, 0.3) is 0 Å². The van der Waals surface area contributed by atoms with Crippen molar-refractivity contribution >= 4 is 11.6 Å². The average molecular weight is 220 g/mol. The van der Waals surface area contributed by atoms with Crippen LogP contribution >= 0.6 is 0 Å². The molecule has 0 radical (unpaired) electrons. The Labute approximate surface area is 95.1 Å². The summed E-state index contributed by atoms with van der Waals surface area (Å²) in [5.41, 5.74) is 1.31. The summed E-state index contributed by atoms with van der Waals surface area (Å²) in [6, 6.07) is 3.10. The van der Waals surface area contributed by atoms with Gasteiger partial charge in [0, 0.05) is 18.4 Å². The summed E-state index contributed by atoms with van der Waals surface area (Å²) in [6.07, 6.45) is 0.709. The van der Waals surface area contributed by atoms with Crippen molar-refractivity contribution in [3.63, 3.8) is 0 Å². The molecule has 1 rings (SSSR count). The van der Waals surface area contributed by atoms with Crippen molar-refractivity contribution in [3.05, 3.63) is 28.8 Å². The summed E-state index contributed by atoms with van der Waals surface area (Å²) < 4.78 is 0. The highest BCUT2D eigenvalue weighted by Crippen LogP contribution is 2.25. The van der Waals surface area contributed by atoms with Gasteiger partial charge >= 0.3 is 0 Å². The van der Waals surface area contributed by atoms with Crippen molar-refractivity contribution in [3.8, 4) is 5.75 Å². The largest absolute Gasteiger partial charge is 0.507 e. The molecule has 0 saturated heterocycles. The standard InChI is InChI=1S/C13H16O3/c1-4-11(14)9-6-8(3)13(16)10(7-9)12(15)5-2/h6-7,16H,4-5H2,1-3H3. The van der Waals surface area contributed by atoms with E-state index in [9.17, 15) is 14.7 Å². The normalized spacial score (nSPS) is 10.2. The van der Waals surface area contributed by atoms with Crippen LogP contribution in [0.1, 0.15) is 53.0 Å². The van der Waals surface area contributed by atoms with Crippen LogP contribution in [-0.2, 0) is 0 Å². The minimum Gasteiger partial charge on any atom is -0.507 e. The predicted octanol–water partition coefficient (Wildman–Crippen LogP) is 2.89. The molecule has 1 aromatic carbocycles. The van der Waals surface area contributed by atoms with Crippen LogP contribution in [0.5, 0.6) is 5.75 Å². The molecule has 1 aromatic rings. The van der Waals surface area contributed by atoms with Crippen LogP contribution in [0.3, 0.4) is 0 Å². The van der Waals surface area contributed by atoms with E-state index in [1.807, 2.05) is 0 Å². The molecule has 0 aliphatic rings. The third kappa shape index (κ3) is 2.30. The second kappa shape index (κ2) is 4.92. The first-order chi connectivity index (χ1) is 7.51. The minimum absolute atomic E-state index is 0.0143. The Morgan fingerprint density at radius 1 is 1.12 bits per heavy atom. The van der Waals surface area contributed by atoms with Crippen LogP contribution in [0.2, 0.25) is 0 Å². The number of benzene rings is 1. The smallest absolute Gasteiger partial charge is 0.166 e. The molecule has 86 valence electrons. The van der Waals surface area contributed by atoms with Gasteiger partial charge in [0.2, 0.25) is 0 Å². The van der Waals surface area contributed by atoms with E-state index in [2.05, 4.69) is 0 Å². The molecule has 0 saturated carbocycles. The van der Waals surface area contributed by atoms with Crippen LogP contribution in [0, 0.1) is 6.92 Å². The zero-order chi connectivity index (χ0) is 12.3. The number of Topliss-reactive ketones (excluding diaryl/α,β-unsaturated/α-hetero) is 2. The van der Waals surface area contributed by atoms with Gasteiger partial charge in [0.25, 0.3) is 0 Å². The number of phenolic OH excluding ortho intramolecular Hbond substituents is 1. The van der Waals surface area contributed by atoms with E-state index in [-0.39, 0.29) is 22.9 Å². The first kappa shape index (κ1) is 12.4. The van der Waals surface area contributed by atoms with E-state index in [1.165, 1.54) is 6.07 Å². The Hall–Kier alpha value is -1.64. The lowest BCUT2D eigenvalue weighted by atomic mass is 9.98. The number of aryl methyl sites for hydroxylation is 1. The maximum Gasteiger partial charge on any atom is 0.166 e. The highest BCUT2D eigenvalue weighted by Gasteiger charge is 2.15. The summed E-state index contributed by atoms with van der Waals surface area (Å²) in [5.74, 6) is -0.181. The SMILES string of the molecule is CCC(=O)c1cc(C)c(O)c(C(=O)CC)c1. The van der Waals surface area contributed by atoms with E-state index in [0.29, 0.717) is 24.0 Å². The van der Waals surface area contributed by atoms with E-state index >= 15 is 0 Å². The number of hydrogen-bond acceptors (Lipinski definition) is 3. The molecule has 3 heteroatoms. The Bertz CT molecular complexity index is 433. The molecule has 0 fully saturated rings. The lowest BCUT2D eigenvalue weighted by Crippen LogP contribution is -2.04. The van der Waals surface area contributed by atoms with Crippen molar-refractivity contribution in [2.45, 2.75) is 33.6 Å². The molecule has 0 aliphatic heterocycles. The number of ketones is 2. The van der Waals surface area contributed by atoms with Gasteiger partial charge in [0.05, 0.1) is 5.56 Å². The summed E-state index contributed by atoms with van der Waals surface area (Å²) in [5, 5.41) is 9.75. The van der Waals surface area contributed by atoms with Gasteiger partial charge in [-0.1, -0.05) is 13.8 Å². The predicted molar refractivity (Wildman–Crippen MR) is 62.1 cm³/mol. The highest BCUT2D eigenvalue weighted by atomic mass is 16.3. The zero-order valence-corrected chi connectivity index (χ0v) is 9.83. The third-order valence-corrected chi connectivity index (χ3v) is 2.57. The quantitative estimate of drug-likeness (QED) is 0.794. The van der Waals surface area contributed by atoms with Gasteiger partial charge in [-0.3, -0.25) is 9.59 Å². The molecular weight excluding hydrogens is 204 g/mol. The lowest BCUT2D eigenvalue weighted by Gasteiger charge is -2.08. The molecule has 1 N–H and O–H groups in total. The van der Waals surface area contributed by atoms with Crippen LogP contribution in [0.4, 0.5) is 0 Å². The molecule has 0 atom stereocenters. The zero-order valence-electron chi connectivity index (χ0n) is 9.83. The van der Waals surface area contributed by atoms with Gasteiger partial charge in [-0.05, 0) is 24.6 Å². The molecule has 0 spiro atoms. The maximum atomic E-state index is 11.6. The van der Waals surface area contributed by atoms with E-state index < -0.39 is 0 Å². The number of carbonyl (C=O) groups excluding carboxylic acids is 2. The first-order valence-corrected chi connectivity index (χ1v) is 5.41. The van der Waals surface area contributed by atoms with E-state index in [1.54, 1.807) is 26.8 Å². The molecule has 16 heavy (non-hydrogen) atoms. The second-order valence-electron chi connectivity index (χ2n) is 3.74. The van der Waals surface area contributed by atoms with Crippen LogP contribution in [0.15, 0.2) is 12.1 Å². The fraction of sp³-hybridized carbons (Fsp3) is 0.385. The molecule has 3 nitrogen and oxygen atoms in total. The number of carbonyl (C=O) groups is 2. The van der Waals surface area contributed by atoms with Gasteiger partial charge < -0.3 is 5.11 Å². The molecule has 0 aromatic heterocycles. The topological polar surface area (TPSA) is 54.4 Å². The van der Waals surface area contributed by atoms with Crippen molar-refractivity contribution in [2.24, 2.45) is 0 Å². The minimum atomic E-state index is -0.147. The van der Waals surface area contributed by atoms with Gasteiger partial charge in [-0.15, -0.1) is 0 Å². The van der Waals surface area contributed by atoms with Crippen molar-refractivity contribution < 1.29 is 14.7 Å². The van der Waals surface area contributed by atoms with Crippen LogP contribution < -0.4 is 0 Å².